The van der Waals surface area contributed by atoms with E-state index in [0.29, 0.717) is 50.6 Å². The lowest BCUT2D eigenvalue weighted by molar-refractivity contribution is -0.119. The molecule has 1 fully saturated rings. The Hall–Kier alpha value is -1.48. The first-order chi connectivity index (χ1) is 12.5. The van der Waals surface area contributed by atoms with Crippen molar-refractivity contribution in [2.75, 3.05) is 44.3 Å². The van der Waals surface area contributed by atoms with Gasteiger partial charge in [-0.05, 0) is 30.2 Å². The van der Waals surface area contributed by atoms with Gasteiger partial charge in [-0.15, -0.1) is 0 Å². The average molecular weight is 381 g/mol. The zero-order valence-electron chi connectivity index (χ0n) is 15.4. The van der Waals surface area contributed by atoms with Crippen LogP contribution in [0.25, 0.3) is 0 Å². The summed E-state index contributed by atoms with van der Waals surface area (Å²) in [6.07, 6.45) is 1.07. The first-order valence-electron chi connectivity index (χ1n) is 9.22. The molecule has 0 spiro atoms. The van der Waals surface area contributed by atoms with E-state index in [9.17, 15) is 13.2 Å². The number of amides is 1. The molecule has 0 aromatic heterocycles. The van der Waals surface area contributed by atoms with Crippen molar-refractivity contribution in [2.45, 2.75) is 37.6 Å². The van der Waals surface area contributed by atoms with Crippen LogP contribution in [0.1, 0.15) is 25.8 Å². The molecule has 8 heteroatoms. The summed E-state index contributed by atoms with van der Waals surface area (Å²) in [7, 11) is -3.48. The molecule has 1 unspecified atom stereocenters. The number of sulfonamides is 1. The van der Waals surface area contributed by atoms with Gasteiger partial charge < -0.3 is 15.0 Å². The maximum Gasteiger partial charge on any atom is 0.243 e. The Balaban J connectivity index is 1.76. The van der Waals surface area contributed by atoms with Crippen molar-refractivity contribution < 1.29 is 17.9 Å². The highest BCUT2D eigenvalue weighted by Gasteiger charge is 2.29. The Morgan fingerprint density at radius 3 is 2.77 bits per heavy atom. The number of rotatable bonds is 6. The van der Waals surface area contributed by atoms with Crippen LogP contribution in [-0.2, 0) is 26.0 Å². The lowest BCUT2D eigenvalue weighted by Gasteiger charge is -2.26. The van der Waals surface area contributed by atoms with E-state index in [1.54, 1.807) is 23.1 Å². The molecule has 0 bridgehead atoms. The van der Waals surface area contributed by atoms with Crippen LogP contribution < -0.4 is 10.2 Å². The van der Waals surface area contributed by atoms with Crippen LogP contribution in [0.5, 0.6) is 0 Å². The average Bonchev–Trinajstić information content (AvgIpc) is 3.06. The maximum absolute atomic E-state index is 12.7. The molecule has 1 N–H and O–H groups in total. The molecule has 0 aliphatic carbocycles. The van der Waals surface area contributed by atoms with E-state index in [1.807, 2.05) is 13.8 Å². The van der Waals surface area contributed by atoms with E-state index in [2.05, 4.69) is 5.32 Å². The molecule has 2 aliphatic rings. The number of morpholine rings is 1. The number of carbonyl (C=O) groups is 1. The van der Waals surface area contributed by atoms with Gasteiger partial charge in [-0.25, -0.2) is 8.42 Å². The number of nitrogens with zero attached hydrogens (tertiary/aromatic N) is 2. The fourth-order valence-corrected chi connectivity index (χ4v) is 5.09. The summed E-state index contributed by atoms with van der Waals surface area (Å²) in [6, 6.07) is 5.14. The third-order valence-electron chi connectivity index (χ3n) is 5.01. The fraction of sp³-hybridized carbons (Fsp3) is 0.611. The predicted octanol–water partition coefficient (Wildman–Crippen LogP) is 0.985. The number of nitrogens with one attached hydrogen (secondary N) is 1. The maximum atomic E-state index is 12.7. The monoisotopic (exact) mass is 381 g/mol. The minimum atomic E-state index is -3.48. The predicted molar refractivity (Wildman–Crippen MR) is 99.8 cm³/mol. The second-order valence-corrected chi connectivity index (χ2v) is 8.54. The molecule has 3 rings (SSSR count). The van der Waals surface area contributed by atoms with E-state index in [-0.39, 0.29) is 11.9 Å². The Morgan fingerprint density at radius 1 is 1.35 bits per heavy atom. The molecule has 0 saturated carbocycles. The molecule has 1 atom stereocenters. The number of fused-ring (bicyclic) bond motifs is 1. The zero-order chi connectivity index (χ0) is 18.7. The molecule has 1 aromatic rings. The van der Waals surface area contributed by atoms with Gasteiger partial charge in [-0.3, -0.25) is 4.79 Å². The number of benzene rings is 1. The van der Waals surface area contributed by atoms with E-state index in [4.69, 9.17) is 4.74 Å². The molecular weight excluding hydrogens is 354 g/mol. The number of carbonyl (C=O) groups excluding carboxylic acids is 1. The van der Waals surface area contributed by atoms with E-state index in [0.717, 1.165) is 17.8 Å². The lowest BCUT2D eigenvalue weighted by Crippen LogP contribution is -2.45. The smallest absolute Gasteiger partial charge is 0.243 e. The fourth-order valence-electron chi connectivity index (χ4n) is 3.58. The minimum Gasteiger partial charge on any atom is -0.378 e. The van der Waals surface area contributed by atoms with Crippen LogP contribution in [0.3, 0.4) is 0 Å². The Morgan fingerprint density at radius 2 is 2.12 bits per heavy atom. The van der Waals surface area contributed by atoms with Crippen LogP contribution in [0.2, 0.25) is 0 Å². The van der Waals surface area contributed by atoms with Gasteiger partial charge >= 0.3 is 0 Å². The summed E-state index contributed by atoms with van der Waals surface area (Å²) >= 11 is 0. The van der Waals surface area contributed by atoms with Crippen molar-refractivity contribution in [1.82, 2.24) is 9.62 Å². The number of anilines is 1. The highest BCUT2D eigenvalue weighted by atomic mass is 32.2. The molecule has 0 radical (unpaired) electrons. The van der Waals surface area contributed by atoms with Crippen molar-refractivity contribution in [1.29, 1.82) is 0 Å². The van der Waals surface area contributed by atoms with Gasteiger partial charge in [0.1, 0.15) is 0 Å². The van der Waals surface area contributed by atoms with Crippen molar-refractivity contribution in [3.05, 3.63) is 23.8 Å². The standard InChI is InChI=1S/C18H27N3O4S/c1-3-20(4-2)26(23,24)16-5-6-17-14(11-16)7-9-21(17)18(22)12-15-13-25-10-8-19-15/h5-6,11,15,19H,3-4,7-10,12-13H2,1-2H3. The van der Waals surface area contributed by atoms with Crippen LogP contribution in [-0.4, -0.2) is 64.1 Å². The second-order valence-electron chi connectivity index (χ2n) is 6.61. The topological polar surface area (TPSA) is 79.0 Å². The number of ether oxygens (including phenoxy) is 1. The number of hydrogen-bond acceptors (Lipinski definition) is 5. The van der Waals surface area contributed by atoms with E-state index >= 15 is 0 Å². The van der Waals surface area contributed by atoms with Crippen LogP contribution in [0.4, 0.5) is 5.69 Å². The largest absolute Gasteiger partial charge is 0.378 e. The molecule has 2 aliphatic heterocycles. The van der Waals surface area contributed by atoms with Gasteiger partial charge in [0.25, 0.3) is 0 Å². The zero-order valence-corrected chi connectivity index (χ0v) is 16.2. The molecular formula is C18H27N3O4S. The van der Waals surface area contributed by atoms with Gasteiger partial charge in [0.2, 0.25) is 15.9 Å². The molecule has 1 amide bonds. The molecule has 26 heavy (non-hydrogen) atoms. The summed E-state index contributed by atoms with van der Waals surface area (Å²) in [5.74, 6) is 0.0473. The van der Waals surface area contributed by atoms with Gasteiger partial charge in [0.15, 0.2) is 0 Å². The highest BCUT2D eigenvalue weighted by Crippen LogP contribution is 2.31. The molecule has 1 saturated heterocycles. The molecule has 2 heterocycles. The van der Waals surface area contributed by atoms with Gasteiger partial charge in [-0.2, -0.15) is 4.31 Å². The second kappa shape index (κ2) is 8.04. The van der Waals surface area contributed by atoms with Crippen LogP contribution in [0.15, 0.2) is 23.1 Å². The summed E-state index contributed by atoms with van der Waals surface area (Å²) < 4.78 is 32.2. The lowest BCUT2D eigenvalue weighted by atomic mass is 10.1. The van der Waals surface area contributed by atoms with E-state index < -0.39 is 10.0 Å². The summed E-state index contributed by atoms with van der Waals surface area (Å²) in [5.41, 5.74) is 1.74. The SMILES string of the molecule is CCN(CC)S(=O)(=O)c1ccc2c(c1)CCN2C(=O)CC1COCCN1. The minimum absolute atomic E-state index is 0.0441. The summed E-state index contributed by atoms with van der Waals surface area (Å²) in [6.45, 7) is 7.13. The Labute approximate surface area is 155 Å². The van der Waals surface area contributed by atoms with Crippen LogP contribution >= 0.6 is 0 Å². The van der Waals surface area contributed by atoms with Crippen molar-refractivity contribution in [3.8, 4) is 0 Å². The molecule has 7 nitrogen and oxygen atoms in total. The van der Waals surface area contributed by atoms with Gasteiger partial charge in [0, 0.05) is 44.3 Å². The normalized spacial score (nSPS) is 20.4. The first-order valence-corrected chi connectivity index (χ1v) is 10.7. The molecule has 1 aromatic carbocycles. The quantitative estimate of drug-likeness (QED) is 0.795. The van der Waals surface area contributed by atoms with Crippen molar-refractivity contribution in [2.24, 2.45) is 0 Å². The highest BCUT2D eigenvalue weighted by molar-refractivity contribution is 7.89. The van der Waals surface area contributed by atoms with Crippen LogP contribution in [0, 0.1) is 0 Å². The first kappa shape index (κ1) is 19.3. The number of hydrogen-bond donors (Lipinski definition) is 1. The summed E-state index contributed by atoms with van der Waals surface area (Å²) in [5, 5.41) is 3.29. The van der Waals surface area contributed by atoms with E-state index in [1.165, 1.54) is 4.31 Å². The third-order valence-corrected chi connectivity index (χ3v) is 7.06. The third kappa shape index (κ3) is 3.78. The van der Waals surface area contributed by atoms with Gasteiger partial charge in [-0.1, -0.05) is 13.8 Å². The molecule has 144 valence electrons. The Kier molecular flexibility index (Phi) is 5.96. The van der Waals surface area contributed by atoms with Gasteiger partial charge in [0.05, 0.1) is 18.1 Å². The van der Waals surface area contributed by atoms with Crippen molar-refractivity contribution in [3.63, 3.8) is 0 Å². The Bertz CT molecular complexity index is 756. The summed E-state index contributed by atoms with van der Waals surface area (Å²) in [4.78, 5) is 14.7. The van der Waals surface area contributed by atoms with Crippen molar-refractivity contribution >= 4 is 21.6 Å².